The Morgan fingerprint density at radius 1 is 1.15 bits per heavy atom. The average Bonchev–Trinajstić information content (AvgIpc) is 3.05. The molecule has 0 unspecified atom stereocenters. The van der Waals surface area contributed by atoms with Gasteiger partial charge in [0.2, 0.25) is 4.77 Å². The van der Waals surface area contributed by atoms with Crippen molar-refractivity contribution in [1.82, 2.24) is 24.8 Å². The van der Waals surface area contributed by atoms with Crippen LogP contribution in [0.5, 0.6) is 5.75 Å². The van der Waals surface area contributed by atoms with Crippen LogP contribution in [0.3, 0.4) is 0 Å². The number of aromatic nitrogens is 5. The van der Waals surface area contributed by atoms with Crippen molar-refractivity contribution in [2.45, 2.75) is 6.61 Å². The molecule has 0 radical (unpaired) electrons. The Bertz CT molecular complexity index is 1170. The molecule has 0 aliphatic carbocycles. The summed E-state index contributed by atoms with van der Waals surface area (Å²) < 4.78 is 7.55. The van der Waals surface area contributed by atoms with Crippen LogP contribution in [-0.2, 0) is 6.61 Å². The molecule has 0 spiro atoms. The largest absolute Gasteiger partial charge is 0.486 e. The highest BCUT2D eigenvalue weighted by Crippen LogP contribution is 2.16. The van der Waals surface area contributed by atoms with Gasteiger partial charge in [0.05, 0.1) is 23.4 Å². The first-order valence-electron chi connectivity index (χ1n) is 8.00. The molecule has 4 aromatic rings. The number of halogens is 1. The van der Waals surface area contributed by atoms with Crippen LogP contribution in [-0.4, -0.2) is 31.1 Å². The zero-order valence-corrected chi connectivity index (χ0v) is 15.5. The van der Waals surface area contributed by atoms with Gasteiger partial charge >= 0.3 is 0 Å². The van der Waals surface area contributed by atoms with Crippen molar-refractivity contribution in [3.63, 3.8) is 0 Å². The second kappa shape index (κ2) is 7.65. The van der Waals surface area contributed by atoms with Gasteiger partial charge in [-0.15, -0.1) is 0 Å². The van der Waals surface area contributed by atoms with Gasteiger partial charge in [-0.2, -0.15) is 14.9 Å². The third kappa shape index (κ3) is 4.02. The summed E-state index contributed by atoms with van der Waals surface area (Å²) in [5, 5.41) is 11.9. The molecular formula is C18H13ClN6OS. The molecule has 0 saturated carbocycles. The third-order valence-electron chi connectivity index (χ3n) is 3.67. The highest BCUT2D eigenvalue weighted by atomic mass is 35.5. The SMILES string of the molecule is S=c1[nH]nc(COc2ccc(Cl)cc2)n1/N=C\c1cnc2ccccc2n1. The fourth-order valence-corrected chi connectivity index (χ4v) is 2.69. The van der Waals surface area contributed by atoms with Gasteiger partial charge in [-0.25, -0.2) is 10.1 Å². The lowest BCUT2D eigenvalue weighted by Gasteiger charge is -2.05. The molecule has 0 aliphatic heterocycles. The number of rotatable bonds is 5. The van der Waals surface area contributed by atoms with Crippen LogP contribution in [0.25, 0.3) is 11.0 Å². The van der Waals surface area contributed by atoms with Gasteiger partial charge < -0.3 is 4.74 Å². The van der Waals surface area contributed by atoms with Crippen LogP contribution < -0.4 is 4.74 Å². The van der Waals surface area contributed by atoms with Crippen molar-refractivity contribution in [2.75, 3.05) is 0 Å². The summed E-state index contributed by atoms with van der Waals surface area (Å²) in [6.07, 6.45) is 3.23. The lowest BCUT2D eigenvalue weighted by molar-refractivity contribution is 0.290. The first-order valence-corrected chi connectivity index (χ1v) is 8.78. The molecule has 0 amide bonds. The maximum atomic E-state index is 5.87. The highest BCUT2D eigenvalue weighted by molar-refractivity contribution is 7.71. The normalized spacial score (nSPS) is 11.3. The molecule has 0 fully saturated rings. The Hall–Kier alpha value is -3.10. The third-order valence-corrected chi connectivity index (χ3v) is 4.19. The van der Waals surface area contributed by atoms with Crippen molar-refractivity contribution in [2.24, 2.45) is 5.10 Å². The maximum Gasteiger partial charge on any atom is 0.216 e. The van der Waals surface area contributed by atoms with Crippen molar-refractivity contribution in [3.8, 4) is 5.75 Å². The minimum absolute atomic E-state index is 0.190. The highest BCUT2D eigenvalue weighted by Gasteiger charge is 2.06. The Morgan fingerprint density at radius 3 is 2.74 bits per heavy atom. The number of para-hydroxylation sites is 2. The van der Waals surface area contributed by atoms with Crippen LogP contribution in [0.1, 0.15) is 11.5 Å². The van der Waals surface area contributed by atoms with Crippen LogP contribution >= 0.6 is 23.8 Å². The molecular weight excluding hydrogens is 384 g/mol. The molecule has 0 aliphatic rings. The first-order chi connectivity index (χ1) is 13.2. The number of nitrogens with zero attached hydrogens (tertiary/aromatic N) is 5. The summed E-state index contributed by atoms with van der Waals surface area (Å²) in [4.78, 5) is 8.86. The quantitative estimate of drug-likeness (QED) is 0.407. The number of fused-ring (bicyclic) bond motifs is 1. The van der Waals surface area contributed by atoms with Gasteiger partial charge in [0.1, 0.15) is 18.1 Å². The number of ether oxygens (including phenoxy) is 1. The van der Waals surface area contributed by atoms with E-state index in [0.717, 1.165) is 11.0 Å². The van der Waals surface area contributed by atoms with E-state index in [2.05, 4.69) is 25.3 Å². The number of nitrogens with one attached hydrogen (secondary N) is 1. The maximum absolute atomic E-state index is 5.87. The molecule has 134 valence electrons. The molecule has 2 aromatic carbocycles. The number of hydrogen-bond donors (Lipinski definition) is 1. The standard InChI is InChI=1S/C18H13ClN6OS/c19-12-5-7-14(8-6-12)26-11-17-23-24-18(27)25(17)21-10-13-9-20-15-3-1-2-4-16(15)22-13/h1-10H,11H2,(H,24,27)/b21-10-. The van der Waals surface area contributed by atoms with E-state index in [1.165, 1.54) is 4.68 Å². The summed E-state index contributed by atoms with van der Waals surface area (Å²) >= 11 is 11.1. The predicted octanol–water partition coefficient (Wildman–Crippen LogP) is 4.00. The van der Waals surface area contributed by atoms with Crippen LogP contribution in [0.15, 0.2) is 59.8 Å². The molecule has 0 bridgehead atoms. The van der Waals surface area contributed by atoms with Gasteiger partial charge in [-0.05, 0) is 48.6 Å². The van der Waals surface area contributed by atoms with E-state index in [4.69, 9.17) is 28.6 Å². The topological polar surface area (TPSA) is 81.0 Å². The first kappa shape index (κ1) is 17.3. The van der Waals surface area contributed by atoms with E-state index in [9.17, 15) is 0 Å². The Labute approximate surface area is 164 Å². The molecule has 4 rings (SSSR count). The minimum Gasteiger partial charge on any atom is -0.486 e. The zero-order valence-electron chi connectivity index (χ0n) is 13.9. The summed E-state index contributed by atoms with van der Waals surface area (Å²) in [5.41, 5.74) is 2.23. The van der Waals surface area contributed by atoms with E-state index in [-0.39, 0.29) is 6.61 Å². The van der Waals surface area contributed by atoms with Gasteiger partial charge in [0.15, 0.2) is 5.82 Å². The van der Waals surface area contributed by atoms with Crippen LogP contribution in [0.4, 0.5) is 0 Å². The van der Waals surface area contributed by atoms with Gasteiger partial charge in [-0.3, -0.25) is 4.98 Å². The summed E-state index contributed by atoms with van der Waals surface area (Å²) in [6, 6.07) is 14.7. The van der Waals surface area contributed by atoms with Crippen molar-refractivity contribution < 1.29 is 4.74 Å². The summed E-state index contributed by atoms with van der Waals surface area (Å²) in [5.74, 6) is 1.20. The number of hydrogen-bond acceptors (Lipinski definition) is 6. The van der Waals surface area contributed by atoms with E-state index in [1.54, 1.807) is 36.7 Å². The van der Waals surface area contributed by atoms with Crippen molar-refractivity contribution in [3.05, 3.63) is 76.0 Å². The van der Waals surface area contributed by atoms with Gasteiger partial charge in [0.25, 0.3) is 0 Å². The van der Waals surface area contributed by atoms with E-state index in [0.29, 0.717) is 27.1 Å². The smallest absolute Gasteiger partial charge is 0.216 e. The predicted molar refractivity (Wildman–Crippen MR) is 106 cm³/mol. The van der Waals surface area contributed by atoms with Gasteiger partial charge in [-0.1, -0.05) is 23.7 Å². The van der Waals surface area contributed by atoms with Gasteiger partial charge in [0, 0.05) is 5.02 Å². The monoisotopic (exact) mass is 396 g/mol. The lowest BCUT2D eigenvalue weighted by atomic mass is 10.3. The molecule has 2 heterocycles. The number of aromatic amines is 1. The molecule has 0 atom stereocenters. The molecule has 2 aromatic heterocycles. The lowest BCUT2D eigenvalue weighted by Crippen LogP contribution is -2.04. The fourth-order valence-electron chi connectivity index (χ4n) is 2.37. The Kier molecular flexibility index (Phi) is 4.91. The van der Waals surface area contributed by atoms with E-state index in [1.807, 2.05) is 24.3 Å². The summed E-state index contributed by atoms with van der Waals surface area (Å²) in [6.45, 7) is 0.190. The van der Waals surface area contributed by atoms with E-state index >= 15 is 0 Å². The summed E-state index contributed by atoms with van der Waals surface area (Å²) in [7, 11) is 0. The van der Waals surface area contributed by atoms with Crippen molar-refractivity contribution >= 4 is 41.1 Å². The fraction of sp³-hybridized carbons (Fsp3) is 0.0556. The Morgan fingerprint density at radius 2 is 1.93 bits per heavy atom. The zero-order chi connectivity index (χ0) is 18.6. The molecule has 0 saturated heterocycles. The number of benzene rings is 2. The second-order valence-electron chi connectivity index (χ2n) is 5.53. The molecule has 27 heavy (non-hydrogen) atoms. The van der Waals surface area contributed by atoms with Crippen LogP contribution in [0.2, 0.25) is 5.02 Å². The number of H-pyrrole nitrogens is 1. The minimum atomic E-state index is 0.190. The second-order valence-corrected chi connectivity index (χ2v) is 6.35. The van der Waals surface area contributed by atoms with Crippen molar-refractivity contribution in [1.29, 1.82) is 0 Å². The van der Waals surface area contributed by atoms with E-state index < -0.39 is 0 Å². The molecule has 1 N–H and O–H groups in total. The Balaban J connectivity index is 1.54. The molecule has 7 nitrogen and oxygen atoms in total. The van der Waals surface area contributed by atoms with Crippen LogP contribution in [0, 0.1) is 4.77 Å². The average molecular weight is 397 g/mol. The molecule has 9 heteroatoms.